The number of nitrogens with one attached hydrogen (secondary N) is 1. The van der Waals surface area contributed by atoms with Crippen LogP contribution in [0.2, 0.25) is 0 Å². The summed E-state index contributed by atoms with van der Waals surface area (Å²) in [5.41, 5.74) is 0.203. The summed E-state index contributed by atoms with van der Waals surface area (Å²) in [5, 5.41) is 2.66. The predicted molar refractivity (Wildman–Crippen MR) is 58.6 cm³/mol. The summed E-state index contributed by atoms with van der Waals surface area (Å²) in [4.78, 5) is 11.7. The largest absolute Gasteiger partial charge is 0.351 e. The Bertz CT molecular complexity index is 525. The van der Waals surface area contributed by atoms with Gasteiger partial charge in [-0.25, -0.2) is 8.42 Å². The van der Waals surface area contributed by atoms with E-state index in [1.54, 1.807) is 12.1 Å². The van der Waals surface area contributed by atoms with Crippen LogP contribution in [0.5, 0.6) is 0 Å². The summed E-state index contributed by atoms with van der Waals surface area (Å²) in [7, 11) is -2.04. The van der Waals surface area contributed by atoms with Crippen molar-refractivity contribution in [1.29, 1.82) is 0 Å². The summed E-state index contributed by atoms with van der Waals surface area (Å²) < 4.78 is 25.4. The lowest BCUT2D eigenvalue weighted by atomic mass is 10.2. The fourth-order valence-corrected chi connectivity index (χ4v) is 2.95. The van der Waals surface area contributed by atoms with E-state index in [9.17, 15) is 13.2 Å². The lowest BCUT2D eigenvalue weighted by Gasteiger charge is -2.22. The van der Waals surface area contributed by atoms with E-state index in [1.165, 1.54) is 23.5 Å². The van der Waals surface area contributed by atoms with Crippen LogP contribution in [0, 0.1) is 0 Å². The zero-order valence-corrected chi connectivity index (χ0v) is 9.62. The molecule has 0 fully saturated rings. The zero-order chi connectivity index (χ0) is 11.8. The Labute approximate surface area is 94.1 Å². The molecule has 0 bridgehead atoms. The van der Waals surface area contributed by atoms with Gasteiger partial charge in [0.1, 0.15) is 0 Å². The van der Waals surface area contributed by atoms with Crippen molar-refractivity contribution in [3.8, 4) is 0 Å². The third-order valence-corrected chi connectivity index (χ3v) is 4.45. The molecule has 0 radical (unpaired) electrons. The highest BCUT2D eigenvalue weighted by molar-refractivity contribution is 7.89. The van der Waals surface area contributed by atoms with Crippen LogP contribution >= 0.6 is 0 Å². The van der Waals surface area contributed by atoms with Crippen molar-refractivity contribution in [3.05, 3.63) is 29.8 Å². The first-order valence-corrected chi connectivity index (χ1v) is 6.31. The minimum atomic E-state index is -3.54. The van der Waals surface area contributed by atoms with Crippen LogP contribution in [-0.2, 0) is 10.0 Å². The minimum Gasteiger partial charge on any atom is -0.351 e. The second kappa shape index (κ2) is 3.88. The lowest BCUT2D eigenvalue weighted by Crippen LogP contribution is -2.40. The molecule has 6 heteroatoms. The molecule has 5 nitrogen and oxygen atoms in total. The number of carbonyl (C=O) groups is 1. The number of rotatable bonds is 0. The molecule has 0 atom stereocenters. The lowest BCUT2D eigenvalue weighted by molar-refractivity contribution is 0.0947. The standard InChI is InChI=1S/C10H12N2O3S/c1-12-7-6-11-10(13)8-4-2-3-5-9(8)16(12,14)15/h2-5H,6-7H2,1H3,(H,11,13). The van der Waals surface area contributed by atoms with Crippen LogP contribution in [-0.4, -0.2) is 38.8 Å². The van der Waals surface area contributed by atoms with Gasteiger partial charge in [-0.3, -0.25) is 4.79 Å². The van der Waals surface area contributed by atoms with Crippen molar-refractivity contribution < 1.29 is 13.2 Å². The molecule has 1 aliphatic rings. The molecule has 0 saturated heterocycles. The molecule has 0 unspecified atom stereocenters. The molecule has 0 aromatic heterocycles. The van der Waals surface area contributed by atoms with Crippen molar-refractivity contribution in [1.82, 2.24) is 9.62 Å². The highest BCUT2D eigenvalue weighted by Gasteiger charge is 2.28. The SMILES string of the molecule is CN1CCNC(=O)c2ccccc2S1(=O)=O. The topological polar surface area (TPSA) is 66.5 Å². The molecule has 1 amide bonds. The maximum absolute atomic E-state index is 12.1. The number of benzene rings is 1. The van der Waals surface area contributed by atoms with Gasteiger partial charge >= 0.3 is 0 Å². The third kappa shape index (κ3) is 1.70. The van der Waals surface area contributed by atoms with E-state index in [1.807, 2.05) is 0 Å². The maximum atomic E-state index is 12.1. The number of hydrogen-bond donors (Lipinski definition) is 1. The fraction of sp³-hybridized carbons (Fsp3) is 0.300. The van der Waals surface area contributed by atoms with E-state index in [2.05, 4.69) is 5.32 Å². The van der Waals surface area contributed by atoms with Gasteiger partial charge in [-0.05, 0) is 12.1 Å². The molecule has 1 aromatic rings. The maximum Gasteiger partial charge on any atom is 0.252 e. The van der Waals surface area contributed by atoms with Gasteiger partial charge in [-0.1, -0.05) is 12.1 Å². The van der Waals surface area contributed by atoms with E-state index in [-0.39, 0.29) is 22.9 Å². The van der Waals surface area contributed by atoms with Gasteiger partial charge in [0, 0.05) is 20.1 Å². The number of carbonyl (C=O) groups excluding carboxylic acids is 1. The van der Waals surface area contributed by atoms with Gasteiger partial charge < -0.3 is 5.32 Å². The van der Waals surface area contributed by atoms with Crippen molar-refractivity contribution in [2.75, 3.05) is 20.1 Å². The first kappa shape index (κ1) is 11.1. The van der Waals surface area contributed by atoms with E-state index in [0.29, 0.717) is 6.54 Å². The molecule has 0 aliphatic carbocycles. The van der Waals surface area contributed by atoms with Gasteiger partial charge in [0.2, 0.25) is 10.0 Å². The number of nitrogens with zero attached hydrogens (tertiary/aromatic N) is 1. The molecular weight excluding hydrogens is 228 g/mol. The second-order valence-corrected chi connectivity index (χ2v) is 5.59. The van der Waals surface area contributed by atoms with Crippen molar-refractivity contribution in [3.63, 3.8) is 0 Å². The fourth-order valence-electron chi connectivity index (χ4n) is 1.59. The number of fused-ring (bicyclic) bond motifs is 1. The van der Waals surface area contributed by atoms with Crippen LogP contribution in [0.25, 0.3) is 0 Å². The van der Waals surface area contributed by atoms with Crippen LogP contribution in [0.15, 0.2) is 29.2 Å². The van der Waals surface area contributed by atoms with E-state index >= 15 is 0 Å². The zero-order valence-electron chi connectivity index (χ0n) is 8.80. The van der Waals surface area contributed by atoms with Gasteiger partial charge in [0.25, 0.3) is 5.91 Å². The summed E-state index contributed by atoms with van der Waals surface area (Å²) in [5.74, 6) is -0.340. The summed E-state index contributed by atoms with van der Waals surface area (Å²) in [6.07, 6.45) is 0. The van der Waals surface area contributed by atoms with E-state index in [4.69, 9.17) is 0 Å². The number of likely N-dealkylation sites (N-methyl/N-ethyl adjacent to an activating group) is 1. The first-order chi connectivity index (χ1) is 7.53. The first-order valence-electron chi connectivity index (χ1n) is 4.87. The van der Waals surface area contributed by atoms with Gasteiger partial charge in [0.05, 0.1) is 10.5 Å². The number of hydrogen-bond acceptors (Lipinski definition) is 3. The molecule has 0 spiro atoms. The van der Waals surface area contributed by atoms with Crippen LogP contribution in [0.1, 0.15) is 10.4 Å². The third-order valence-electron chi connectivity index (χ3n) is 2.53. The average molecular weight is 240 g/mol. The predicted octanol–water partition coefficient (Wildman–Crippen LogP) is 0.0505. The molecule has 0 saturated carbocycles. The molecule has 16 heavy (non-hydrogen) atoms. The Morgan fingerprint density at radius 2 is 2.00 bits per heavy atom. The summed E-state index contributed by atoms with van der Waals surface area (Å²) in [6.45, 7) is 0.602. The quantitative estimate of drug-likeness (QED) is 0.697. The van der Waals surface area contributed by atoms with Gasteiger partial charge in [-0.15, -0.1) is 0 Å². The number of amides is 1. The Balaban J connectivity index is 2.67. The Hall–Kier alpha value is -1.40. The molecule has 1 aromatic carbocycles. The van der Waals surface area contributed by atoms with E-state index in [0.717, 1.165) is 0 Å². The highest BCUT2D eigenvalue weighted by atomic mass is 32.2. The van der Waals surface area contributed by atoms with Crippen LogP contribution in [0.3, 0.4) is 0 Å². The monoisotopic (exact) mass is 240 g/mol. The Kier molecular flexibility index (Phi) is 2.69. The smallest absolute Gasteiger partial charge is 0.252 e. The molecule has 1 heterocycles. The average Bonchev–Trinajstić information content (AvgIpc) is 2.27. The molecule has 86 valence electrons. The minimum absolute atomic E-state index is 0.0645. The van der Waals surface area contributed by atoms with Crippen LogP contribution < -0.4 is 5.32 Å². The van der Waals surface area contributed by atoms with Gasteiger partial charge in [-0.2, -0.15) is 4.31 Å². The molecule has 1 N–H and O–H groups in total. The normalized spacial score (nSPS) is 20.4. The highest BCUT2D eigenvalue weighted by Crippen LogP contribution is 2.20. The van der Waals surface area contributed by atoms with Crippen molar-refractivity contribution >= 4 is 15.9 Å². The molecule has 2 rings (SSSR count). The summed E-state index contributed by atoms with van der Waals surface area (Å²) in [6, 6.07) is 6.22. The molecule has 1 aliphatic heterocycles. The summed E-state index contributed by atoms with van der Waals surface area (Å²) >= 11 is 0. The number of sulfonamides is 1. The Morgan fingerprint density at radius 1 is 1.31 bits per heavy atom. The molecular formula is C10H12N2O3S. The Morgan fingerprint density at radius 3 is 2.75 bits per heavy atom. The second-order valence-electron chi connectivity index (χ2n) is 3.58. The van der Waals surface area contributed by atoms with Gasteiger partial charge in [0.15, 0.2) is 0 Å². The van der Waals surface area contributed by atoms with Crippen molar-refractivity contribution in [2.45, 2.75) is 4.90 Å². The van der Waals surface area contributed by atoms with Crippen LogP contribution in [0.4, 0.5) is 0 Å². The van der Waals surface area contributed by atoms with Crippen molar-refractivity contribution in [2.24, 2.45) is 0 Å². The van der Waals surface area contributed by atoms with E-state index < -0.39 is 10.0 Å².